The Morgan fingerprint density at radius 1 is 1.13 bits per heavy atom. The van der Waals surface area contributed by atoms with Crippen LogP contribution in [0.25, 0.3) is 0 Å². The minimum atomic E-state index is -2.84. The minimum Gasteiger partial charge on any atom is -0.301 e. The van der Waals surface area contributed by atoms with Crippen molar-refractivity contribution < 1.29 is 8.42 Å². The largest absolute Gasteiger partial charge is 0.301 e. The predicted molar refractivity (Wildman–Crippen MR) is 66.4 cm³/mol. The van der Waals surface area contributed by atoms with Crippen LogP contribution in [0.15, 0.2) is 0 Å². The maximum absolute atomic E-state index is 11.3. The van der Waals surface area contributed by atoms with Crippen molar-refractivity contribution in [1.29, 1.82) is 0 Å². The standard InChI is InChI=1S/C10H22ClNO2S/c1-3-5-7-12(8-6-11)9-10-15(13,14)4-2/h3-10H2,1-2H3. The molecule has 0 aromatic rings. The van der Waals surface area contributed by atoms with Crippen LogP contribution in [0, 0.1) is 0 Å². The van der Waals surface area contributed by atoms with Gasteiger partial charge in [-0.15, -0.1) is 11.6 Å². The fourth-order valence-corrected chi connectivity index (χ4v) is 2.31. The first kappa shape index (κ1) is 15.2. The van der Waals surface area contributed by atoms with Crippen molar-refractivity contribution in [3.63, 3.8) is 0 Å². The first-order valence-electron chi connectivity index (χ1n) is 5.54. The Morgan fingerprint density at radius 2 is 1.80 bits per heavy atom. The summed E-state index contributed by atoms with van der Waals surface area (Å²) < 4.78 is 22.6. The first-order chi connectivity index (χ1) is 7.05. The molecule has 0 fully saturated rings. The average molecular weight is 256 g/mol. The summed E-state index contributed by atoms with van der Waals surface area (Å²) >= 11 is 5.67. The van der Waals surface area contributed by atoms with Crippen molar-refractivity contribution in [2.24, 2.45) is 0 Å². The Kier molecular flexibility index (Phi) is 8.47. The molecule has 0 bridgehead atoms. The van der Waals surface area contributed by atoms with E-state index in [2.05, 4.69) is 11.8 Å². The highest BCUT2D eigenvalue weighted by molar-refractivity contribution is 7.91. The van der Waals surface area contributed by atoms with Gasteiger partial charge in [0.05, 0.1) is 5.75 Å². The van der Waals surface area contributed by atoms with Crippen molar-refractivity contribution in [3.05, 3.63) is 0 Å². The van der Waals surface area contributed by atoms with E-state index in [9.17, 15) is 8.42 Å². The monoisotopic (exact) mass is 255 g/mol. The summed E-state index contributed by atoms with van der Waals surface area (Å²) in [6.45, 7) is 6.15. The van der Waals surface area contributed by atoms with Gasteiger partial charge in [-0.05, 0) is 13.0 Å². The number of sulfone groups is 1. The molecule has 0 rings (SSSR count). The van der Waals surface area contributed by atoms with Gasteiger partial charge in [-0.2, -0.15) is 0 Å². The zero-order valence-electron chi connectivity index (χ0n) is 9.71. The molecular weight excluding hydrogens is 234 g/mol. The van der Waals surface area contributed by atoms with E-state index < -0.39 is 9.84 Å². The Bertz CT molecular complexity index is 242. The van der Waals surface area contributed by atoms with Crippen LogP contribution in [0.3, 0.4) is 0 Å². The van der Waals surface area contributed by atoms with E-state index in [1.54, 1.807) is 6.92 Å². The molecule has 3 nitrogen and oxygen atoms in total. The maximum Gasteiger partial charge on any atom is 0.151 e. The van der Waals surface area contributed by atoms with Crippen LogP contribution in [0.1, 0.15) is 26.7 Å². The van der Waals surface area contributed by atoms with Crippen LogP contribution in [-0.4, -0.2) is 50.3 Å². The molecule has 92 valence electrons. The van der Waals surface area contributed by atoms with Crippen LogP contribution in [0.2, 0.25) is 0 Å². The molecule has 15 heavy (non-hydrogen) atoms. The van der Waals surface area contributed by atoms with Crippen LogP contribution in [0.4, 0.5) is 0 Å². The van der Waals surface area contributed by atoms with Crippen molar-refractivity contribution in [2.75, 3.05) is 37.0 Å². The molecule has 0 aromatic carbocycles. The van der Waals surface area contributed by atoms with Crippen molar-refractivity contribution in [2.45, 2.75) is 26.7 Å². The molecule has 0 saturated heterocycles. The zero-order valence-corrected chi connectivity index (χ0v) is 11.3. The summed E-state index contributed by atoms with van der Waals surface area (Å²) in [6, 6.07) is 0. The van der Waals surface area contributed by atoms with Crippen LogP contribution in [-0.2, 0) is 9.84 Å². The molecule has 0 aliphatic heterocycles. The quantitative estimate of drug-likeness (QED) is 0.590. The lowest BCUT2D eigenvalue weighted by Gasteiger charge is -2.20. The van der Waals surface area contributed by atoms with E-state index in [-0.39, 0.29) is 11.5 Å². The molecule has 0 amide bonds. The molecule has 0 spiro atoms. The molecule has 0 saturated carbocycles. The van der Waals surface area contributed by atoms with E-state index >= 15 is 0 Å². The molecule has 0 N–H and O–H groups in total. The smallest absolute Gasteiger partial charge is 0.151 e. The Hall–Kier alpha value is 0.200. The summed E-state index contributed by atoms with van der Waals surface area (Å²) in [5.74, 6) is 1.05. The molecule has 0 heterocycles. The Labute approximate surface area is 98.7 Å². The molecule has 0 unspecified atom stereocenters. The van der Waals surface area contributed by atoms with Gasteiger partial charge in [-0.1, -0.05) is 20.3 Å². The van der Waals surface area contributed by atoms with Gasteiger partial charge in [-0.3, -0.25) is 0 Å². The van der Waals surface area contributed by atoms with Gasteiger partial charge in [0.1, 0.15) is 0 Å². The van der Waals surface area contributed by atoms with Gasteiger partial charge in [0, 0.05) is 24.7 Å². The maximum atomic E-state index is 11.3. The zero-order chi connectivity index (χ0) is 11.7. The SMILES string of the molecule is CCCCN(CCCl)CCS(=O)(=O)CC. The molecule has 0 aliphatic rings. The van der Waals surface area contributed by atoms with Crippen LogP contribution in [0.5, 0.6) is 0 Å². The van der Waals surface area contributed by atoms with Crippen molar-refractivity contribution in [1.82, 2.24) is 4.90 Å². The lowest BCUT2D eigenvalue weighted by Crippen LogP contribution is -2.32. The number of hydrogen-bond acceptors (Lipinski definition) is 3. The summed E-state index contributed by atoms with van der Waals surface area (Å²) in [7, 11) is -2.84. The second kappa shape index (κ2) is 8.36. The minimum absolute atomic E-state index is 0.232. The first-order valence-corrected chi connectivity index (χ1v) is 7.90. The number of unbranched alkanes of at least 4 members (excludes halogenated alkanes) is 1. The third kappa shape index (κ3) is 8.05. The van der Waals surface area contributed by atoms with E-state index in [0.717, 1.165) is 25.9 Å². The molecule has 0 aromatic heterocycles. The third-order valence-corrected chi connectivity index (χ3v) is 4.24. The van der Waals surface area contributed by atoms with Crippen LogP contribution < -0.4 is 0 Å². The van der Waals surface area contributed by atoms with Crippen LogP contribution >= 0.6 is 11.6 Å². The summed E-state index contributed by atoms with van der Waals surface area (Å²) in [6.07, 6.45) is 2.22. The third-order valence-electron chi connectivity index (χ3n) is 2.39. The summed E-state index contributed by atoms with van der Waals surface area (Å²) in [5, 5.41) is 0. The molecule has 0 radical (unpaired) electrons. The number of nitrogens with zero attached hydrogens (tertiary/aromatic N) is 1. The fraction of sp³-hybridized carbons (Fsp3) is 1.00. The lowest BCUT2D eigenvalue weighted by atomic mass is 10.3. The highest BCUT2D eigenvalue weighted by atomic mass is 35.5. The van der Waals surface area contributed by atoms with Gasteiger partial charge in [-0.25, -0.2) is 8.42 Å². The van der Waals surface area contributed by atoms with Gasteiger partial charge >= 0.3 is 0 Å². The number of halogens is 1. The molecule has 0 aliphatic carbocycles. The average Bonchev–Trinajstić information content (AvgIpc) is 2.22. The predicted octanol–water partition coefficient (Wildman–Crippen LogP) is 1.76. The van der Waals surface area contributed by atoms with Gasteiger partial charge in [0.15, 0.2) is 9.84 Å². The summed E-state index contributed by atoms with van der Waals surface area (Å²) in [5.41, 5.74) is 0. The molecule has 0 atom stereocenters. The molecule has 5 heteroatoms. The number of rotatable bonds is 9. The van der Waals surface area contributed by atoms with Crippen molar-refractivity contribution in [3.8, 4) is 0 Å². The second-order valence-electron chi connectivity index (χ2n) is 3.62. The highest BCUT2D eigenvalue weighted by Crippen LogP contribution is 1.98. The highest BCUT2D eigenvalue weighted by Gasteiger charge is 2.10. The lowest BCUT2D eigenvalue weighted by molar-refractivity contribution is 0.301. The van der Waals surface area contributed by atoms with Gasteiger partial charge < -0.3 is 4.90 Å². The van der Waals surface area contributed by atoms with E-state index in [0.29, 0.717) is 12.4 Å². The summed E-state index contributed by atoms with van der Waals surface area (Å²) in [4.78, 5) is 2.13. The van der Waals surface area contributed by atoms with Gasteiger partial charge in [0.2, 0.25) is 0 Å². The normalized spacial score (nSPS) is 12.3. The van der Waals surface area contributed by atoms with Gasteiger partial charge in [0.25, 0.3) is 0 Å². The molecular formula is C10H22ClNO2S. The topological polar surface area (TPSA) is 37.4 Å². The fourth-order valence-electron chi connectivity index (χ4n) is 1.25. The number of alkyl halides is 1. The van der Waals surface area contributed by atoms with E-state index in [4.69, 9.17) is 11.6 Å². The van der Waals surface area contributed by atoms with E-state index in [1.807, 2.05) is 0 Å². The Balaban J connectivity index is 3.94. The second-order valence-corrected chi connectivity index (χ2v) is 6.47. The van der Waals surface area contributed by atoms with Crippen molar-refractivity contribution >= 4 is 21.4 Å². The number of hydrogen-bond donors (Lipinski definition) is 0. The Morgan fingerprint density at radius 3 is 2.27 bits per heavy atom. The van der Waals surface area contributed by atoms with E-state index in [1.165, 1.54) is 0 Å².